The van der Waals surface area contributed by atoms with Crippen molar-refractivity contribution in [3.8, 4) is 0 Å². The summed E-state index contributed by atoms with van der Waals surface area (Å²) in [7, 11) is 0. The maximum Gasteiger partial charge on any atom is 0.312 e. The minimum Gasteiger partial charge on any atom is -0.462 e. The van der Waals surface area contributed by atoms with Gasteiger partial charge in [0.25, 0.3) is 0 Å². The minimum atomic E-state index is -0.396. The van der Waals surface area contributed by atoms with Crippen LogP contribution in [0.4, 0.5) is 0 Å². The predicted octanol–water partition coefficient (Wildman–Crippen LogP) is 24.2. The molecule has 0 saturated carbocycles. The van der Waals surface area contributed by atoms with Crippen LogP contribution in [-0.4, -0.2) is 105 Å². The van der Waals surface area contributed by atoms with Gasteiger partial charge in [-0.1, -0.05) is 96.9 Å². The van der Waals surface area contributed by atoms with Crippen molar-refractivity contribution in [1.29, 1.82) is 0 Å². The van der Waals surface area contributed by atoms with Crippen LogP contribution in [0.1, 0.15) is 402 Å². The first-order valence-corrected chi connectivity index (χ1v) is 37.3. The molecule has 0 spiro atoms. The van der Waals surface area contributed by atoms with E-state index in [1.165, 1.54) is 0 Å². The van der Waals surface area contributed by atoms with Gasteiger partial charge in [-0.15, -0.1) is 0 Å². The van der Waals surface area contributed by atoms with Crippen molar-refractivity contribution >= 4 is 29.8 Å². The average Bonchev–Trinajstić information content (AvgIpc) is 1.04. The highest BCUT2D eigenvalue weighted by molar-refractivity contribution is 5.77. The molecule has 0 heterocycles. The summed E-state index contributed by atoms with van der Waals surface area (Å²) in [5, 5.41) is 0. The Balaban J connectivity index is -0.000000127. The number of hydrogen-bond acceptors (Lipinski definition) is 14. The smallest absolute Gasteiger partial charge is 0.312 e. The largest absolute Gasteiger partial charge is 0.462 e. The van der Waals surface area contributed by atoms with E-state index in [-0.39, 0.29) is 103 Å². The molecule has 0 radical (unpaired) electrons. The summed E-state index contributed by atoms with van der Waals surface area (Å²) < 4.78 is 48.8. The molecule has 0 aliphatic heterocycles. The molecule has 0 rings (SSSR count). The third-order valence-corrected chi connectivity index (χ3v) is 15.0. The molecule has 0 aromatic heterocycles. The molecule has 14 nitrogen and oxygen atoms in total. The molecule has 0 aliphatic rings. The molecule has 14 heteroatoms. The van der Waals surface area contributed by atoms with Crippen LogP contribution in [0.25, 0.3) is 0 Å². The molecule has 0 bridgehead atoms. The maximum atomic E-state index is 11.5. The number of hydrogen-bond donors (Lipinski definition) is 0. The number of rotatable bonds is 24. The first-order valence-electron chi connectivity index (χ1n) is 37.3. The highest BCUT2D eigenvalue weighted by atomic mass is 16.6. The summed E-state index contributed by atoms with van der Waals surface area (Å²) >= 11 is 0. The lowest BCUT2D eigenvalue weighted by atomic mass is 9.90. The van der Waals surface area contributed by atoms with Crippen LogP contribution in [0.15, 0.2) is 0 Å². The van der Waals surface area contributed by atoms with Crippen LogP contribution in [0.5, 0.6) is 0 Å². The molecule has 0 aromatic rings. The zero-order valence-electron chi connectivity index (χ0n) is 73.2. The molecule has 0 amide bonds. The van der Waals surface area contributed by atoms with Crippen molar-refractivity contribution in [1.82, 2.24) is 0 Å². The van der Waals surface area contributed by atoms with Crippen LogP contribution >= 0.6 is 0 Å². The van der Waals surface area contributed by atoms with Gasteiger partial charge in [-0.25, -0.2) is 0 Å². The standard InChI is InChI=1S/3C10H20O2.2C9H18O2.2C9H20O.2C8H18O/c1-7-10(5,6)8(11)12-9(2,3)4;1-7-10(5,6)12-8(11)9(2,3)4;1-6-8(3)9(11)12-10(4,5)7-2;1-6-7(2)11-8(10)9(3,4)5;1-6-7(2)8(10)11-9(3,4)5;1-7-9(5,6)10-8(2,3)4;1-6-8(3)10-9(4,5)7-2;1-6-7(2)9-8(3,4)5;1-5-7(3)9-8(4)6-2/h2*7H2,1-6H3;8H,6-7H2,1-5H3;2*7H,6H2,1-5H3;7H2,1-6H3;8H,6-7H2,1-5H3;7H,6H2,1-5H3;7-8H,5-6H2,1-4H3. The Morgan fingerprint density at radius 1 is 0.271 bits per heavy atom. The molecule has 96 heavy (non-hydrogen) atoms. The Bertz CT molecular complexity index is 1910. The molecule has 0 aromatic carbocycles. The molecule has 0 fully saturated rings. The quantitative estimate of drug-likeness (QED) is 0.0661. The van der Waals surface area contributed by atoms with Crippen molar-refractivity contribution in [2.24, 2.45) is 28.1 Å². The number of carbonyl (C=O) groups excluding carboxylic acids is 5. The van der Waals surface area contributed by atoms with Gasteiger partial charge in [0.1, 0.15) is 22.4 Å². The summed E-state index contributed by atoms with van der Waals surface area (Å²) in [5.74, 6) is -0.492. The Hall–Kier alpha value is -2.81. The van der Waals surface area contributed by atoms with E-state index in [1.54, 1.807) is 0 Å². The number of carbonyl (C=O) groups is 5. The van der Waals surface area contributed by atoms with Gasteiger partial charge in [-0.2, -0.15) is 0 Å². The van der Waals surface area contributed by atoms with Crippen LogP contribution in [0, 0.1) is 28.1 Å². The van der Waals surface area contributed by atoms with Crippen molar-refractivity contribution in [2.75, 3.05) is 0 Å². The zero-order chi connectivity index (χ0) is 79.3. The fraction of sp³-hybridized carbons (Fsp3) is 0.939. The van der Waals surface area contributed by atoms with Crippen molar-refractivity contribution in [2.45, 2.75) is 478 Å². The second-order valence-corrected chi connectivity index (χ2v) is 34.9. The second kappa shape index (κ2) is 53.1. The third kappa shape index (κ3) is 80.2. The van der Waals surface area contributed by atoms with E-state index in [0.717, 1.165) is 77.0 Å². The van der Waals surface area contributed by atoms with E-state index < -0.39 is 5.41 Å². The summed E-state index contributed by atoms with van der Waals surface area (Å²) in [5.41, 5.74) is -2.37. The molecular weight excluding hydrogens is 1210 g/mol. The normalized spacial score (nSPS) is 14.4. The van der Waals surface area contributed by atoms with Gasteiger partial charge in [0.15, 0.2) is 0 Å². The molecule has 0 N–H and O–H groups in total. The average molecular weight is 1380 g/mol. The molecule has 0 aliphatic carbocycles. The van der Waals surface area contributed by atoms with E-state index in [9.17, 15) is 24.0 Å². The Kier molecular flexibility index (Phi) is 61.8. The molecule has 0 saturated heterocycles. The van der Waals surface area contributed by atoms with Crippen molar-refractivity contribution in [3.05, 3.63) is 0 Å². The van der Waals surface area contributed by atoms with E-state index >= 15 is 0 Å². The minimum absolute atomic E-state index is 0.0144. The lowest BCUT2D eigenvalue weighted by Gasteiger charge is -2.32. The van der Waals surface area contributed by atoms with Crippen molar-refractivity contribution < 1.29 is 66.6 Å². The first-order chi connectivity index (χ1) is 42.5. The SMILES string of the molecule is CCC(C)(C)C(=O)OC(C)(C)C.CCC(C)(C)OC(=O)C(C)(C)C.CCC(C)(C)OC(C)(C)C.CCC(C)C(=O)OC(C)(C)C.CCC(C)C(=O)OC(C)(C)CC.CCC(C)OC(=O)C(C)(C)C.CCC(C)OC(C)(C)C.CCC(C)OC(C)(C)CC.CCC(C)OC(C)CC. The summed E-state index contributed by atoms with van der Waals surface area (Å²) in [6, 6.07) is 0. The highest BCUT2D eigenvalue weighted by Gasteiger charge is 2.32. The Morgan fingerprint density at radius 3 is 0.802 bits per heavy atom. The second-order valence-electron chi connectivity index (χ2n) is 34.9. The van der Waals surface area contributed by atoms with Gasteiger partial charge < -0.3 is 42.6 Å². The molecule has 7 unspecified atom stereocenters. The molecule has 584 valence electrons. The number of esters is 5. The monoisotopic (exact) mass is 1380 g/mol. The summed E-state index contributed by atoms with van der Waals surface area (Å²) in [4.78, 5) is 56.6. The zero-order valence-corrected chi connectivity index (χ0v) is 73.2. The fourth-order valence-corrected chi connectivity index (χ4v) is 5.55. The summed E-state index contributed by atoms with van der Waals surface area (Å²) in [6.07, 6.45) is 13.3. The van der Waals surface area contributed by atoms with Crippen molar-refractivity contribution in [3.63, 3.8) is 0 Å². The van der Waals surface area contributed by atoms with Gasteiger partial charge in [-0.05, 0) is 306 Å². The van der Waals surface area contributed by atoms with Gasteiger partial charge in [0.2, 0.25) is 0 Å². The summed E-state index contributed by atoms with van der Waals surface area (Å²) in [6.45, 7) is 94.0. The van der Waals surface area contributed by atoms with Gasteiger partial charge >= 0.3 is 29.8 Å². The first kappa shape index (κ1) is 112. The van der Waals surface area contributed by atoms with Crippen LogP contribution < -0.4 is 0 Å². The van der Waals surface area contributed by atoms with Gasteiger partial charge in [-0.3, -0.25) is 24.0 Å². The molecular formula is C82H172O14. The molecule has 7 atom stereocenters. The maximum absolute atomic E-state index is 11.5. The third-order valence-electron chi connectivity index (χ3n) is 15.0. The topological polar surface area (TPSA) is 168 Å². The Morgan fingerprint density at radius 2 is 0.573 bits per heavy atom. The van der Waals surface area contributed by atoms with E-state index in [2.05, 4.69) is 138 Å². The van der Waals surface area contributed by atoms with Crippen LogP contribution in [0.3, 0.4) is 0 Å². The van der Waals surface area contributed by atoms with E-state index in [0.29, 0.717) is 24.4 Å². The predicted molar refractivity (Wildman–Crippen MR) is 412 cm³/mol. The van der Waals surface area contributed by atoms with Crippen LogP contribution in [-0.2, 0) is 66.6 Å². The van der Waals surface area contributed by atoms with E-state index in [4.69, 9.17) is 42.6 Å². The van der Waals surface area contributed by atoms with Gasteiger partial charge in [0.05, 0.1) is 81.0 Å². The lowest BCUT2D eigenvalue weighted by molar-refractivity contribution is -0.167. The Labute approximate surface area is 599 Å². The lowest BCUT2D eigenvalue weighted by Crippen LogP contribution is -2.34. The van der Waals surface area contributed by atoms with Crippen LogP contribution in [0.2, 0.25) is 0 Å². The fourth-order valence-electron chi connectivity index (χ4n) is 5.55. The number of ether oxygens (including phenoxy) is 9. The van der Waals surface area contributed by atoms with Gasteiger partial charge in [0, 0.05) is 0 Å². The highest BCUT2D eigenvalue weighted by Crippen LogP contribution is 2.26. The van der Waals surface area contributed by atoms with E-state index in [1.807, 2.05) is 187 Å².